The number of aryl methyl sites for hydroxylation is 1. The van der Waals surface area contributed by atoms with Gasteiger partial charge in [0.05, 0.1) is 26.8 Å². The molecule has 0 radical (unpaired) electrons. The highest BCUT2D eigenvalue weighted by molar-refractivity contribution is 9.10. The zero-order chi connectivity index (χ0) is 12.6. The van der Waals surface area contributed by atoms with Crippen molar-refractivity contribution in [1.29, 1.82) is 0 Å². The van der Waals surface area contributed by atoms with Crippen molar-refractivity contribution in [3.63, 3.8) is 0 Å². The van der Waals surface area contributed by atoms with Crippen molar-refractivity contribution < 1.29 is 0 Å². The van der Waals surface area contributed by atoms with E-state index in [-0.39, 0.29) is 0 Å². The first-order valence-corrected chi connectivity index (χ1v) is 6.47. The van der Waals surface area contributed by atoms with E-state index in [1.54, 1.807) is 10.7 Å². The van der Waals surface area contributed by atoms with Crippen LogP contribution in [0.4, 0.5) is 5.82 Å². The molecule has 1 aromatic carbocycles. The normalized spacial score (nSPS) is 10.8. The molecular weight excluding hydrogens is 325 g/mol. The fraction of sp³-hybridized carbons (Fsp3) is 0.182. The van der Waals surface area contributed by atoms with Gasteiger partial charge in [-0.05, 0) is 34.5 Å². The van der Waals surface area contributed by atoms with E-state index in [1.165, 1.54) is 0 Å². The number of rotatable bonds is 2. The third kappa shape index (κ3) is 2.44. The Balaban J connectivity index is 2.38. The Morgan fingerprint density at radius 1 is 1.41 bits per heavy atom. The van der Waals surface area contributed by atoms with Crippen LogP contribution in [0.2, 0.25) is 10.0 Å². The summed E-state index contributed by atoms with van der Waals surface area (Å²) in [6, 6.07) is 5.50. The molecule has 2 N–H and O–H groups in total. The molecule has 0 aliphatic heterocycles. The molecule has 1 aromatic heterocycles. The van der Waals surface area contributed by atoms with Gasteiger partial charge in [-0.25, -0.2) is 4.68 Å². The second-order valence-electron chi connectivity index (χ2n) is 3.66. The number of anilines is 1. The van der Waals surface area contributed by atoms with E-state index in [1.807, 2.05) is 19.1 Å². The number of nitrogens with two attached hydrogens (primary N) is 1. The molecule has 0 atom stereocenters. The van der Waals surface area contributed by atoms with Crippen LogP contribution in [-0.4, -0.2) is 9.78 Å². The molecule has 90 valence electrons. The van der Waals surface area contributed by atoms with Crippen LogP contribution in [0, 0.1) is 6.92 Å². The summed E-state index contributed by atoms with van der Waals surface area (Å²) in [5, 5.41) is 5.39. The van der Waals surface area contributed by atoms with Gasteiger partial charge in [0.25, 0.3) is 0 Å². The first-order valence-electron chi connectivity index (χ1n) is 4.92. The zero-order valence-electron chi connectivity index (χ0n) is 9.04. The second kappa shape index (κ2) is 4.88. The Hall–Kier alpha value is -0.710. The molecule has 0 bridgehead atoms. The highest BCUT2D eigenvalue weighted by Crippen LogP contribution is 2.28. The van der Waals surface area contributed by atoms with Gasteiger partial charge in [0.2, 0.25) is 0 Å². The summed E-state index contributed by atoms with van der Waals surface area (Å²) in [5.74, 6) is 0.582. The fourth-order valence-corrected chi connectivity index (χ4v) is 2.19. The molecule has 3 nitrogen and oxygen atoms in total. The predicted molar refractivity (Wildman–Crippen MR) is 74.6 cm³/mol. The molecule has 0 spiro atoms. The van der Waals surface area contributed by atoms with Crippen molar-refractivity contribution in [3.8, 4) is 0 Å². The third-order valence-electron chi connectivity index (χ3n) is 2.44. The van der Waals surface area contributed by atoms with Gasteiger partial charge in [0.15, 0.2) is 0 Å². The summed E-state index contributed by atoms with van der Waals surface area (Å²) in [7, 11) is 0. The molecule has 6 heteroatoms. The average Bonchev–Trinajstić information content (AvgIpc) is 2.53. The number of nitrogens with zero attached hydrogens (tertiary/aromatic N) is 2. The van der Waals surface area contributed by atoms with Gasteiger partial charge in [-0.15, -0.1) is 0 Å². The standard InChI is InChI=1S/C11H10BrCl2N3/c1-6-9(12)11(15)17(16-6)5-7-3-2-4-8(13)10(7)14/h2-4H,5,15H2,1H3. The molecule has 1 heterocycles. The quantitative estimate of drug-likeness (QED) is 0.905. The van der Waals surface area contributed by atoms with Gasteiger partial charge in [-0.3, -0.25) is 0 Å². The summed E-state index contributed by atoms with van der Waals surface area (Å²) in [6.45, 7) is 2.38. The van der Waals surface area contributed by atoms with E-state index in [2.05, 4.69) is 21.0 Å². The smallest absolute Gasteiger partial charge is 0.136 e. The average molecular weight is 335 g/mol. The molecule has 2 aromatic rings. The van der Waals surface area contributed by atoms with E-state index in [4.69, 9.17) is 28.9 Å². The van der Waals surface area contributed by atoms with Crippen LogP contribution in [0.25, 0.3) is 0 Å². The molecule has 17 heavy (non-hydrogen) atoms. The van der Waals surface area contributed by atoms with Gasteiger partial charge in [0.1, 0.15) is 5.82 Å². The zero-order valence-corrected chi connectivity index (χ0v) is 12.1. The highest BCUT2D eigenvalue weighted by atomic mass is 79.9. The summed E-state index contributed by atoms with van der Waals surface area (Å²) < 4.78 is 2.51. The molecule has 2 rings (SSSR count). The number of hydrogen-bond acceptors (Lipinski definition) is 2. The van der Waals surface area contributed by atoms with Gasteiger partial charge in [-0.1, -0.05) is 35.3 Å². The summed E-state index contributed by atoms with van der Waals surface area (Å²) in [4.78, 5) is 0. The van der Waals surface area contributed by atoms with Crippen LogP contribution in [0.15, 0.2) is 22.7 Å². The second-order valence-corrected chi connectivity index (χ2v) is 5.23. The monoisotopic (exact) mass is 333 g/mol. The maximum absolute atomic E-state index is 6.12. The van der Waals surface area contributed by atoms with Crippen LogP contribution >= 0.6 is 39.1 Å². The Morgan fingerprint density at radius 2 is 2.12 bits per heavy atom. The Labute approximate surface area is 118 Å². The van der Waals surface area contributed by atoms with Crippen molar-refractivity contribution in [2.75, 3.05) is 5.73 Å². The fourth-order valence-electron chi connectivity index (χ4n) is 1.53. The van der Waals surface area contributed by atoms with Gasteiger partial charge in [0, 0.05) is 0 Å². The van der Waals surface area contributed by atoms with Crippen LogP contribution in [0.5, 0.6) is 0 Å². The van der Waals surface area contributed by atoms with E-state index >= 15 is 0 Å². The Kier molecular flexibility index (Phi) is 3.66. The molecule has 0 saturated carbocycles. The minimum absolute atomic E-state index is 0.498. The first kappa shape index (κ1) is 12.7. The lowest BCUT2D eigenvalue weighted by Crippen LogP contribution is -2.06. The van der Waals surface area contributed by atoms with Gasteiger partial charge < -0.3 is 5.73 Å². The van der Waals surface area contributed by atoms with E-state index < -0.39 is 0 Å². The summed E-state index contributed by atoms with van der Waals surface area (Å²) >= 11 is 15.4. The molecule has 0 saturated heterocycles. The van der Waals surface area contributed by atoms with Crippen LogP contribution in [0.3, 0.4) is 0 Å². The number of nitrogen functional groups attached to an aromatic ring is 1. The topological polar surface area (TPSA) is 43.8 Å². The van der Waals surface area contributed by atoms with Crippen molar-refractivity contribution >= 4 is 44.9 Å². The Bertz CT molecular complexity index is 566. The minimum atomic E-state index is 0.498. The Morgan fingerprint density at radius 3 is 2.71 bits per heavy atom. The van der Waals surface area contributed by atoms with E-state index in [0.29, 0.717) is 22.4 Å². The highest BCUT2D eigenvalue weighted by Gasteiger charge is 2.12. The van der Waals surface area contributed by atoms with Crippen LogP contribution in [0.1, 0.15) is 11.3 Å². The molecule has 0 aliphatic carbocycles. The maximum atomic E-state index is 6.12. The largest absolute Gasteiger partial charge is 0.383 e. The number of benzene rings is 1. The first-order chi connectivity index (χ1) is 8.00. The maximum Gasteiger partial charge on any atom is 0.136 e. The molecular formula is C11H10BrCl2N3. The van der Waals surface area contributed by atoms with Crippen LogP contribution in [-0.2, 0) is 6.54 Å². The van der Waals surface area contributed by atoms with Crippen molar-refractivity contribution in [3.05, 3.63) is 44.0 Å². The molecule has 0 fully saturated rings. The van der Waals surface area contributed by atoms with Crippen LogP contribution < -0.4 is 5.73 Å². The van der Waals surface area contributed by atoms with E-state index in [0.717, 1.165) is 15.7 Å². The lowest BCUT2D eigenvalue weighted by Gasteiger charge is -2.07. The van der Waals surface area contributed by atoms with Crippen molar-refractivity contribution in [1.82, 2.24) is 9.78 Å². The SMILES string of the molecule is Cc1nn(Cc2cccc(Cl)c2Cl)c(N)c1Br. The molecule has 0 aliphatic rings. The lowest BCUT2D eigenvalue weighted by molar-refractivity contribution is 0.689. The number of halogens is 3. The van der Waals surface area contributed by atoms with E-state index in [9.17, 15) is 0 Å². The summed E-state index contributed by atoms with van der Waals surface area (Å²) in [5.41, 5.74) is 7.65. The predicted octanol–water partition coefficient (Wildman–Crippen LogP) is 3.89. The van der Waals surface area contributed by atoms with Crippen molar-refractivity contribution in [2.24, 2.45) is 0 Å². The van der Waals surface area contributed by atoms with Gasteiger partial charge >= 0.3 is 0 Å². The molecule has 0 amide bonds. The number of hydrogen-bond donors (Lipinski definition) is 1. The van der Waals surface area contributed by atoms with Crippen molar-refractivity contribution in [2.45, 2.75) is 13.5 Å². The minimum Gasteiger partial charge on any atom is -0.383 e. The third-order valence-corrected chi connectivity index (χ3v) is 4.28. The van der Waals surface area contributed by atoms with Gasteiger partial charge in [-0.2, -0.15) is 5.10 Å². The number of aromatic nitrogens is 2. The molecule has 0 unspecified atom stereocenters. The summed E-state index contributed by atoms with van der Waals surface area (Å²) in [6.07, 6.45) is 0. The lowest BCUT2D eigenvalue weighted by atomic mass is 10.2.